The predicted octanol–water partition coefficient (Wildman–Crippen LogP) is 3.51. The van der Waals surface area contributed by atoms with Crippen molar-refractivity contribution in [3.05, 3.63) is 59.9 Å². The summed E-state index contributed by atoms with van der Waals surface area (Å²) in [7, 11) is 0. The highest BCUT2D eigenvalue weighted by atomic mass is 32.2. The van der Waals surface area contributed by atoms with Crippen LogP contribution in [0, 0.1) is 5.82 Å². The highest BCUT2D eigenvalue weighted by Crippen LogP contribution is 2.36. The number of carbonyl (C=O) groups is 2. The van der Waals surface area contributed by atoms with Crippen LogP contribution in [0.4, 0.5) is 10.1 Å². The summed E-state index contributed by atoms with van der Waals surface area (Å²) < 4.78 is 13.0. The van der Waals surface area contributed by atoms with Crippen LogP contribution in [0.2, 0.25) is 0 Å². The maximum Gasteiger partial charge on any atom is 0.238 e. The molecule has 4 nitrogen and oxygen atoms in total. The summed E-state index contributed by atoms with van der Waals surface area (Å²) in [5.41, 5.74) is 1.60. The molecule has 6 heteroatoms. The molecule has 0 fully saturated rings. The molecule has 1 aliphatic heterocycles. The molecule has 0 radical (unpaired) electrons. The van der Waals surface area contributed by atoms with Crippen molar-refractivity contribution in [2.75, 3.05) is 5.32 Å². The maximum atomic E-state index is 13.0. The highest BCUT2D eigenvalue weighted by Gasteiger charge is 2.29. The topological polar surface area (TPSA) is 58.2 Å². The maximum absolute atomic E-state index is 13.0. The molecule has 2 amide bonds. The summed E-state index contributed by atoms with van der Waals surface area (Å²) in [4.78, 5) is 25.3. The van der Waals surface area contributed by atoms with Crippen LogP contribution in [0.15, 0.2) is 53.4 Å². The molecule has 24 heavy (non-hydrogen) atoms. The minimum atomic E-state index is -0.458. The van der Waals surface area contributed by atoms with Gasteiger partial charge in [0.05, 0.1) is 17.0 Å². The lowest BCUT2D eigenvalue weighted by atomic mass is 10.1. The normalized spacial score (nSPS) is 17.6. The van der Waals surface area contributed by atoms with Gasteiger partial charge in [0.2, 0.25) is 11.8 Å². The third-order valence-electron chi connectivity index (χ3n) is 3.82. The predicted molar refractivity (Wildman–Crippen MR) is 92.3 cm³/mol. The SMILES string of the molecule is CC(NC(=O)CC1Sc2ccccc2NC1=O)c1ccc(F)cc1. The summed E-state index contributed by atoms with van der Waals surface area (Å²) in [6, 6.07) is 13.3. The number of nitrogens with one attached hydrogen (secondary N) is 2. The van der Waals surface area contributed by atoms with Gasteiger partial charge in [-0.1, -0.05) is 24.3 Å². The van der Waals surface area contributed by atoms with E-state index in [1.165, 1.54) is 23.9 Å². The lowest BCUT2D eigenvalue weighted by Gasteiger charge is -2.24. The van der Waals surface area contributed by atoms with E-state index >= 15 is 0 Å². The summed E-state index contributed by atoms with van der Waals surface area (Å²) >= 11 is 1.40. The lowest BCUT2D eigenvalue weighted by molar-refractivity contribution is -0.124. The van der Waals surface area contributed by atoms with Crippen LogP contribution >= 0.6 is 11.8 Å². The van der Waals surface area contributed by atoms with Crippen LogP contribution in [0.5, 0.6) is 0 Å². The molecule has 3 rings (SSSR count). The van der Waals surface area contributed by atoms with Gasteiger partial charge in [0.25, 0.3) is 0 Å². The fourth-order valence-electron chi connectivity index (χ4n) is 2.53. The second-order valence-electron chi connectivity index (χ2n) is 5.64. The average molecular weight is 344 g/mol. The summed E-state index contributed by atoms with van der Waals surface area (Å²) in [6.45, 7) is 1.83. The van der Waals surface area contributed by atoms with Gasteiger partial charge in [0, 0.05) is 11.3 Å². The van der Waals surface area contributed by atoms with Crippen LogP contribution in [-0.4, -0.2) is 17.1 Å². The number of thioether (sulfide) groups is 1. The minimum absolute atomic E-state index is 0.0936. The molecule has 0 aliphatic carbocycles. The third-order valence-corrected chi connectivity index (χ3v) is 5.10. The van der Waals surface area contributed by atoms with Gasteiger partial charge in [0.15, 0.2) is 0 Å². The first-order chi connectivity index (χ1) is 11.5. The van der Waals surface area contributed by atoms with Crippen LogP contribution < -0.4 is 10.6 Å². The number of amides is 2. The molecule has 2 N–H and O–H groups in total. The molecule has 0 saturated carbocycles. The smallest absolute Gasteiger partial charge is 0.238 e. The van der Waals surface area contributed by atoms with Crippen LogP contribution in [-0.2, 0) is 9.59 Å². The van der Waals surface area contributed by atoms with Crippen LogP contribution in [0.1, 0.15) is 24.9 Å². The van der Waals surface area contributed by atoms with Crippen molar-refractivity contribution in [3.63, 3.8) is 0 Å². The second kappa shape index (κ2) is 7.05. The molecule has 2 atom stereocenters. The van der Waals surface area contributed by atoms with E-state index < -0.39 is 5.25 Å². The quantitative estimate of drug-likeness (QED) is 0.892. The van der Waals surface area contributed by atoms with E-state index in [1.54, 1.807) is 12.1 Å². The van der Waals surface area contributed by atoms with E-state index in [4.69, 9.17) is 0 Å². The molecule has 0 aromatic heterocycles. The van der Waals surface area contributed by atoms with Gasteiger partial charge >= 0.3 is 0 Å². The van der Waals surface area contributed by atoms with Crippen LogP contribution in [0.3, 0.4) is 0 Å². The number of anilines is 1. The van der Waals surface area contributed by atoms with Gasteiger partial charge in [-0.25, -0.2) is 4.39 Å². The Labute approximate surface area is 143 Å². The first kappa shape index (κ1) is 16.5. The number of para-hydroxylation sites is 1. The van der Waals surface area contributed by atoms with E-state index in [2.05, 4.69) is 10.6 Å². The fourth-order valence-corrected chi connectivity index (χ4v) is 3.64. The Morgan fingerprint density at radius 3 is 2.71 bits per heavy atom. The van der Waals surface area contributed by atoms with E-state index in [1.807, 2.05) is 31.2 Å². The van der Waals surface area contributed by atoms with Crippen molar-refractivity contribution >= 4 is 29.3 Å². The Bertz CT molecular complexity index is 764. The summed E-state index contributed by atoms with van der Waals surface area (Å²) in [5.74, 6) is -0.687. The number of halogens is 1. The zero-order chi connectivity index (χ0) is 17.1. The standard InChI is InChI=1S/C18H17FN2O2S/c1-11(12-6-8-13(19)9-7-12)20-17(22)10-16-18(23)21-14-4-2-3-5-15(14)24-16/h2-9,11,16H,10H2,1H3,(H,20,22)(H,21,23). The zero-order valence-corrected chi connectivity index (χ0v) is 13.9. The van der Waals surface area contributed by atoms with Crippen molar-refractivity contribution in [2.24, 2.45) is 0 Å². The van der Waals surface area contributed by atoms with Gasteiger partial charge in [-0.3, -0.25) is 9.59 Å². The molecule has 1 heterocycles. The Kier molecular flexibility index (Phi) is 4.85. The molecular weight excluding hydrogens is 327 g/mol. The fraction of sp³-hybridized carbons (Fsp3) is 0.222. The molecular formula is C18H17FN2O2S. The monoisotopic (exact) mass is 344 g/mol. The van der Waals surface area contributed by atoms with Gasteiger partial charge in [-0.15, -0.1) is 11.8 Å². The number of hydrogen-bond acceptors (Lipinski definition) is 3. The average Bonchev–Trinajstić information content (AvgIpc) is 2.56. The van der Waals surface area contributed by atoms with E-state index in [0.717, 1.165) is 16.1 Å². The summed E-state index contributed by atoms with van der Waals surface area (Å²) in [6.07, 6.45) is 0.0936. The van der Waals surface area contributed by atoms with E-state index in [0.29, 0.717) is 0 Å². The number of carbonyl (C=O) groups excluding carboxylic acids is 2. The molecule has 0 saturated heterocycles. The van der Waals surface area contributed by atoms with Crippen molar-refractivity contribution in [3.8, 4) is 0 Å². The molecule has 0 spiro atoms. The Hall–Kier alpha value is -2.34. The zero-order valence-electron chi connectivity index (χ0n) is 13.1. The number of benzene rings is 2. The number of fused-ring (bicyclic) bond motifs is 1. The largest absolute Gasteiger partial charge is 0.350 e. The first-order valence-electron chi connectivity index (χ1n) is 7.64. The third kappa shape index (κ3) is 3.76. The van der Waals surface area contributed by atoms with Gasteiger partial charge in [0.1, 0.15) is 5.82 Å². The molecule has 2 aromatic carbocycles. The molecule has 124 valence electrons. The van der Waals surface area contributed by atoms with Gasteiger partial charge in [-0.2, -0.15) is 0 Å². The van der Waals surface area contributed by atoms with Crippen molar-refractivity contribution in [2.45, 2.75) is 29.5 Å². The Morgan fingerprint density at radius 2 is 1.96 bits per heavy atom. The van der Waals surface area contributed by atoms with E-state index in [9.17, 15) is 14.0 Å². The Balaban J connectivity index is 1.61. The molecule has 2 unspecified atom stereocenters. The number of rotatable bonds is 4. The van der Waals surface area contributed by atoms with Crippen molar-refractivity contribution in [1.82, 2.24) is 5.32 Å². The summed E-state index contributed by atoms with van der Waals surface area (Å²) in [5, 5.41) is 5.22. The minimum Gasteiger partial charge on any atom is -0.350 e. The van der Waals surface area contributed by atoms with E-state index in [-0.39, 0.29) is 30.1 Å². The van der Waals surface area contributed by atoms with Crippen molar-refractivity contribution in [1.29, 1.82) is 0 Å². The molecule has 1 aliphatic rings. The second-order valence-corrected chi connectivity index (χ2v) is 6.88. The number of hydrogen-bond donors (Lipinski definition) is 2. The van der Waals surface area contributed by atoms with Gasteiger partial charge in [-0.05, 0) is 36.8 Å². The van der Waals surface area contributed by atoms with Gasteiger partial charge < -0.3 is 10.6 Å². The Morgan fingerprint density at radius 1 is 1.25 bits per heavy atom. The van der Waals surface area contributed by atoms with Crippen molar-refractivity contribution < 1.29 is 14.0 Å². The first-order valence-corrected chi connectivity index (χ1v) is 8.52. The molecule has 0 bridgehead atoms. The lowest BCUT2D eigenvalue weighted by Crippen LogP contribution is -2.35. The molecule has 2 aromatic rings. The highest BCUT2D eigenvalue weighted by molar-refractivity contribution is 8.01. The van der Waals surface area contributed by atoms with Crippen LogP contribution in [0.25, 0.3) is 0 Å².